The molecule has 0 saturated carbocycles. The van der Waals surface area contributed by atoms with Crippen molar-refractivity contribution < 1.29 is 13.2 Å². The largest absolute Gasteiger partial charge is 0.331 e. The topological polar surface area (TPSA) is 69.7 Å². The van der Waals surface area contributed by atoms with Crippen LogP contribution in [-0.4, -0.2) is 56.7 Å². The number of aryl methyl sites for hydroxylation is 1. The van der Waals surface area contributed by atoms with Gasteiger partial charge in [-0.3, -0.25) is 9.10 Å². The van der Waals surface area contributed by atoms with Crippen molar-refractivity contribution in [1.82, 2.24) is 10.2 Å². The number of hydrogen-bond donors (Lipinski definition) is 1. The standard InChI is InChI=1S/C18H25N3O3S/c1-13-11-15(20-9-2-10-25(20,23)24)5-6-17(13)18(22)21-14-3-4-16(21)12-19-8-7-14/h5-6,11,14,16,19H,2-4,7-10,12H2,1H3. The van der Waals surface area contributed by atoms with Crippen LogP contribution in [0, 0.1) is 6.92 Å². The Morgan fingerprint density at radius 2 is 2.00 bits per heavy atom. The third-order valence-corrected chi connectivity index (χ3v) is 7.59. The molecule has 0 aliphatic carbocycles. The molecule has 3 heterocycles. The number of amides is 1. The Labute approximate surface area is 149 Å². The van der Waals surface area contributed by atoms with E-state index in [1.807, 2.05) is 13.0 Å². The normalized spacial score (nSPS) is 28.2. The zero-order chi connectivity index (χ0) is 17.6. The molecule has 3 fully saturated rings. The predicted octanol–water partition coefficient (Wildman–Crippen LogP) is 1.50. The number of hydrogen-bond acceptors (Lipinski definition) is 4. The smallest absolute Gasteiger partial charge is 0.254 e. The van der Waals surface area contributed by atoms with Crippen LogP contribution >= 0.6 is 0 Å². The summed E-state index contributed by atoms with van der Waals surface area (Å²) in [5.74, 6) is 0.293. The van der Waals surface area contributed by atoms with Crippen molar-refractivity contribution in [3.8, 4) is 0 Å². The molecule has 3 aliphatic heterocycles. The van der Waals surface area contributed by atoms with Crippen LogP contribution in [-0.2, 0) is 10.0 Å². The van der Waals surface area contributed by atoms with Crippen molar-refractivity contribution >= 4 is 21.6 Å². The maximum atomic E-state index is 13.2. The van der Waals surface area contributed by atoms with Gasteiger partial charge in [-0.1, -0.05) is 0 Å². The fraction of sp³-hybridized carbons (Fsp3) is 0.611. The van der Waals surface area contributed by atoms with Gasteiger partial charge in [-0.15, -0.1) is 0 Å². The minimum Gasteiger partial charge on any atom is -0.331 e. The molecule has 2 unspecified atom stereocenters. The Morgan fingerprint density at radius 3 is 2.72 bits per heavy atom. The number of benzene rings is 1. The lowest BCUT2D eigenvalue weighted by Crippen LogP contribution is -2.42. The lowest BCUT2D eigenvalue weighted by molar-refractivity contribution is 0.0679. The summed E-state index contributed by atoms with van der Waals surface area (Å²) in [4.78, 5) is 15.2. The first kappa shape index (κ1) is 16.8. The van der Waals surface area contributed by atoms with E-state index in [0.29, 0.717) is 30.3 Å². The highest BCUT2D eigenvalue weighted by Crippen LogP contribution is 2.32. The van der Waals surface area contributed by atoms with Gasteiger partial charge in [0.1, 0.15) is 0 Å². The van der Waals surface area contributed by atoms with Crippen molar-refractivity contribution in [1.29, 1.82) is 0 Å². The average Bonchev–Trinajstić information content (AvgIpc) is 3.04. The third-order valence-electron chi connectivity index (χ3n) is 5.72. The van der Waals surface area contributed by atoms with E-state index < -0.39 is 10.0 Å². The summed E-state index contributed by atoms with van der Waals surface area (Å²) in [6.45, 7) is 4.26. The molecule has 7 heteroatoms. The maximum absolute atomic E-state index is 13.2. The molecule has 1 amide bonds. The molecule has 0 spiro atoms. The number of carbonyl (C=O) groups is 1. The SMILES string of the molecule is Cc1cc(N2CCCS2(=O)=O)ccc1C(=O)N1C2CCNCC1CC2. The van der Waals surface area contributed by atoms with Gasteiger partial charge in [-0.2, -0.15) is 0 Å². The highest BCUT2D eigenvalue weighted by Gasteiger charge is 2.38. The molecule has 0 aromatic heterocycles. The van der Waals surface area contributed by atoms with E-state index in [1.54, 1.807) is 12.1 Å². The van der Waals surface area contributed by atoms with Gasteiger partial charge >= 0.3 is 0 Å². The number of anilines is 1. The van der Waals surface area contributed by atoms with Crippen LogP contribution in [0.15, 0.2) is 18.2 Å². The molecule has 2 atom stereocenters. The highest BCUT2D eigenvalue weighted by atomic mass is 32.2. The molecular weight excluding hydrogens is 338 g/mol. The van der Waals surface area contributed by atoms with E-state index in [-0.39, 0.29) is 17.7 Å². The maximum Gasteiger partial charge on any atom is 0.254 e. The molecule has 0 radical (unpaired) electrons. The van der Waals surface area contributed by atoms with E-state index in [4.69, 9.17) is 0 Å². The average molecular weight is 363 g/mol. The summed E-state index contributed by atoms with van der Waals surface area (Å²) in [5, 5.41) is 3.42. The fourth-order valence-electron chi connectivity index (χ4n) is 4.43. The lowest BCUT2D eigenvalue weighted by atomic mass is 10.0. The minimum absolute atomic E-state index is 0.0875. The molecule has 3 saturated heterocycles. The first-order valence-electron chi connectivity index (χ1n) is 9.12. The van der Waals surface area contributed by atoms with Gasteiger partial charge in [0.15, 0.2) is 0 Å². The van der Waals surface area contributed by atoms with Crippen LogP contribution in [0.25, 0.3) is 0 Å². The third kappa shape index (κ3) is 2.93. The van der Waals surface area contributed by atoms with Crippen LogP contribution in [0.1, 0.15) is 41.6 Å². The second-order valence-corrected chi connectivity index (χ2v) is 9.34. The van der Waals surface area contributed by atoms with Crippen LogP contribution < -0.4 is 9.62 Å². The van der Waals surface area contributed by atoms with E-state index >= 15 is 0 Å². The first-order valence-corrected chi connectivity index (χ1v) is 10.7. The van der Waals surface area contributed by atoms with Gasteiger partial charge < -0.3 is 10.2 Å². The van der Waals surface area contributed by atoms with E-state index in [2.05, 4.69) is 10.2 Å². The second-order valence-electron chi connectivity index (χ2n) is 7.33. The second kappa shape index (κ2) is 6.29. The summed E-state index contributed by atoms with van der Waals surface area (Å²) < 4.78 is 25.7. The number of fused-ring (bicyclic) bond motifs is 2. The molecule has 25 heavy (non-hydrogen) atoms. The van der Waals surface area contributed by atoms with Crippen LogP contribution in [0.2, 0.25) is 0 Å². The molecule has 3 aliphatic rings. The van der Waals surface area contributed by atoms with Gasteiger partial charge in [-0.25, -0.2) is 8.42 Å². The Morgan fingerprint density at radius 1 is 1.20 bits per heavy atom. The Hall–Kier alpha value is -1.60. The fourth-order valence-corrected chi connectivity index (χ4v) is 5.98. The molecular formula is C18H25N3O3S. The minimum atomic E-state index is -3.19. The van der Waals surface area contributed by atoms with Crippen LogP contribution in [0.4, 0.5) is 5.69 Å². The number of sulfonamides is 1. The quantitative estimate of drug-likeness (QED) is 0.865. The van der Waals surface area contributed by atoms with E-state index in [1.165, 1.54) is 4.31 Å². The lowest BCUT2D eigenvalue weighted by Gasteiger charge is -2.29. The van der Waals surface area contributed by atoms with Crippen molar-refractivity contribution in [2.45, 2.75) is 44.7 Å². The van der Waals surface area contributed by atoms with Gasteiger partial charge in [0.05, 0.1) is 11.4 Å². The zero-order valence-corrected chi connectivity index (χ0v) is 15.4. The van der Waals surface area contributed by atoms with Gasteiger partial charge in [0.25, 0.3) is 5.91 Å². The number of rotatable bonds is 2. The molecule has 1 N–H and O–H groups in total. The van der Waals surface area contributed by atoms with Crippen molar-refractivity contribution in [3.63, 3.8) is 0 Å². The summed E-state index contributed by atoms with van der Waals surface area (Å²) in [5.41, 5.74) is 2.22. The zero-order valence-electron chi connectivity index (χ0n) is 14.6. The van der Waals surface area contributed by atoms with Gasteiger partial charge in [0.2, 0.25) is 10.0 Å². The molecule has 1 aromatic carbocycles. The molecule has 4 rings (SSSR count). The van der Waals surface area contributed by atoms with E-state index in [9.17, 15) is 13.2 Å². The summed E-state index contributed by atoms with van der Waals surface area (Å²) >= 11 is 0. The number of carbonyl (C=O) groups excluding carboxylic acids is 1. The Bertz CT molecular complexity index is 779. The monoisotopic (exact) mass is 363 g/mol. The highest BCUT2D eigenvalue weighted by molar-refractivity contribution is 7.93. The van der Waals surface area contributed by atoms with Crippen molar-refractivity contribution in [2.75, 3.05) is 29.7 Å². The van der Waals surface area contributed by atoms with Gasteiger partial charge in [0, 0.05) is 30.7 Å². The Balaban J connectivity index is 1.62. The number of nitrogens with one attached hydrogen (secondary N) is 1. The van der Waals surface area contributed by atoms with E-state index in [0.717, 1.165) is 37.9 Å². The molecule has 6 nitrogen and oxygen atoms in total. The summed E-state index contributed by atoms with van der Waals surface area (Å²) in [6, 6.07) is 6.02. The molecule has 136 valence electrons. The number of nitrogens with zero attached hydrogens (tertiary/aromatic N) is 2. The summed E-state index contributed by atoms with van der Waals surface area (Å²) in [6.07, 6.45) is 3.81. The van der Waals surface area contributed by atoms with Crippen LogP contribution in [0.3, 0.4) is 0 Å². The first-order chi connectivity index (χ1) is 12.0. The molecule has 1 aromatic rings. The van der Waals surface area contributed by atoms with Crippen LogP contribution in [0.5, 0.6) is 0 Å². The summed E-state index contributed by atoms with van der Waals surface area (Å²) in [7, 11) is -3.19. The van der Waals surface area contributed by atoms with Gasteiger partial charge in [-0.05, 0) is 62.9 Å². The molecule has 2 bridgehead atoms. The predicted molar refractivity (Wildman–Crippen MR) is 97.4 cm³/mol. The van der Waals surface area contributed by atoms with Crippen molar-refractivity contribution in [2.24, 2.45) is 0 Å². The van der Waals surface area contributed by atoms with Crippen molar-refractivity contribution in [3.05, 3.63) is 29.3 Å². The Kier molecular flexibility index (Phi) is 4.24.